The highest BCUT2D eigenvalue weighted by molar-refractivity contribution is 5.83. The summed E-state index contributed by atoms with van der Waals surface area (Å²) < 4.78 is 0. The molecule has 3 heteroatoms. The van der Waals surface area contributed by atoms with Crippen LogP contribution in [-0.2, 0) is 4.79 Å². The van der Waals surface area contributed by atoms with Crippen LogP contribution in [0.15, 0.2) is 0 Å². The van der Waals surface area contributed by atoms with E-state index in [1.807, 2.05) is 0 Å². The van der Waals surface area contributed by atoms with E-state index in [1.54, 1.807) is 0 Å². The standard InChI is InChI=1S/C22H36O3/c1-13-10-15-16-4-5-18(20(25)12-23)21(16,2)9-7-17(15)22(3)8-6-14(24)11-19(13)22/h13-19,23-24H,4-12H2,1-3H3/t13-,14+,15-,16-,17-,18+,19-,21-,22+/m0/s1. The lowest BCUT2D eigenvalue weighted by molar-refractivity contribution is -0.152. The van der Waals surface area contributed by atoms with Gasteiger partial charge in [-0.2, -0.15) is 0 Å². The predicted molar refractivity (Wildman–Crippen MR) is 97.9 cm³/mol. The molecule has 0 spiro atoms. The van der Waals surface area contributed by atoms with Crippen molar-refractivity contribution in [3.63, 3.8) is 0 Å². The minimum absolute atomic E-state index is 0.0807. The second-order valence-electron chi connectivity index (χ2n) is 10.4. The van der Waals surface area contributed by atoms with Gasteiger partial charge >= 0.3 is 0 Å². The summed E-state index contributed by atoms with van der Waals surface area (Å²) in [6.07, 6.45) is 8.86. The lowest BCUT2D eigenvalue weighted by Gasteiger charge is -2.62. The Bertz CT molecular complexity index is 545. The maximum atomic E-state index is 12.3. The van der Waals surface area contributed by atoms with Crippen molar-refractivity contribution in [3.8, 4) is 0 Å². The van der Waals surface area contributed by atoms with Gasteiger partial charge in [-0.1, -0.05) is 20.8 Å². The van der Waals surface area contributed by atoms with Gasteiger partial charge in [0.1, 0.15) is 6.61 Å². The fourth-order valence-electron chi connectivity index (χ4n) is 8.35. The first kappa shape index (κ1) is 18.0. The van der Waals surface area contributed by atoms with Crippen LogP contribution in [0.3, 0.4) is 0 Å². The van der Waals surface area contributed by atoms with Crippen LogP contribution in [0.5, 0.6) is 0 Å². The molecule has 3 nitrogen and oxygen atoms in total. The number of ketones is 1. The molecule has 0 aromatic carbocycles. The second-order valence-corrected chi connectivity index (χ2v) is 10.4. The van der Waals surface area contributed by atoms with Crippen molar-refractivity contribution >= 4 is 5.78 Å². The van der Waals surface area contributed by atoms with Gasteiger partial charge in [0, 0.05) is 5.92 Å². The summed E-state index contributed by atoms with van der Waals surface area (Å²) in [6, 6.07) is 0. The molecule has 0 amide bonds. The quantitative estimate of drug-likeness (QED) is 0.798. The van der Waals surface area contributed by atoms with Crippen molar-refractivity contribution < 1.29 is 15.0 Å². The number of carbonyl (C=O) groups is 1. The molecule has 4 aliphatic carbocycles. The number of Topliss-reactive ketones (excluding diaryl/α,β-unsaturated/α-hetero) is 1. The Hall–Kier alpha value is -0.410. The number of hydrogen-bond acceptors (Lipinski definition) is 3. The fourth-order valence-corrected chi connectivity index (χ4v) is 8.35. The SMILES string of the molecule is C[C@H]1C[C@@H]2[C@H](CC[C@]3(C)[C@@H](C(=O)CO)CC[C@@H]23)[C@@]2(C)CC[C@@H](O)C[C@@H]12. The van der Waals surface area contributed by atoms with Gasteiger partial charge in [0.15, 0.2) is 5.78 Å². The average molecular weight is 349 g/mol. The number of hydrogen-bond donors (Lipinski definition) is 2. The zero-order chi connectivity index (χ0) is 18.0. The highest BCUT2D eigenvalue weighted by Crippen LogP contribution is 2.68. The lowest BCUT2D eigenvalue weighted by atomic mass is 9.43. The summed E-state index contributed by atoms with van der Waals surface area (Å²) in [5.74, 6) is 3.66. The van der Waals surface area contributed by atoms with Crippen molar-refractivity contribution in [1.29, 1.82) is 0 Å². The van der Waals surface area contributed by atoms with Gasteiger partial charge in [0.05, 0.1) is 6.10 Å². The molecule has 0 bridgehead atoms. The number of aliphatic hydroxyl groups is 2. The molecule has 0 heterocycles. The maximum Gasteiger partial charge on any atom is 0.161 e. The third-order valence-corrected chi connectivity index (χ3v) is 9.55. The Balaban J connectivity index is 1.63. The van der Waals surface area contributed by atoms with Gasteiger partial charge in [-0.15, -0.1) is 0 Å². The fraction of sp³-hybridized carbons (Fsp3) is 0.955. The molecule has 0 saturated heterocycles. The van der Waals surface area contributed by atoms with E-state index in [9.17, 15) is 15.0 Å². The molecule has 0 radical (unpaired) electrons. The highest BCUT2D eigenvalue weighted by atomic mass is 16.3. The molecule has 0 aromatic rings. The predicted octanol–water partition coefficient (Wildman–Crippen LogP) is 3.81. The van der Waals surface area contributed by atoms with Crippen molar-refractivity contribution in [2.45, 2.75) is 78.2 Å². The van der Waals surface area contributed by atoms with Gasteiger partial charge < -0.3 is 10.2 Å². The number of fused-ring (bicyclic) bond motifs is 5. The third-order valence-electron chi connectivity index (χ3n) is 9.55. The number of aliphatic hydroxyl groups excluding tert-OH is 2. The minimum Gasteiger partial charge on any atom is -0.393 e. The first-order chi connectivity index (χ1) is 11.8. The largest absolute Gasteiger partial charge is 0.393 e. The van der Waals surface area contributed by atoms with Crippen LogP contribution in [0.4, 0.5) is 0 Å². The van der Waals surface area contributed by atoms with Crippen molar-refractivity contribution in [2.75, 3.05) is 6.61 Å². The monoisotopic (exact) mass is 348 g/mol. The molecule has 4 aliphatic rings. The van der Waals surface area contributed by atoms with Crippen LogP contribution in [-0.4, -0.2) is 28.7 Å². The zero-order valence-electron chi connectivity index (χ0n) is 16.2. The Morgan fingerprint density at radius 2 is 1.64 bits per heavy atom. The minimum atomic E-state index is -0.283. The second kappa shape index (κ2) is 6.05. The van der Waals surface area contributed by atoms with E-state index in [0.717, 1.165) is 37.5 Å². The normalized spacial score (nSPS) is 55.2. The molecule has 4 rings (SSSR count). The van der Waals surface area contributed by atoms with E-state index in [2.05, 4.69) is 20.8 Å². The van der Waals surface area contributed by atoms with E-state index in [0.29, 0.717) is 23.2 Å². The van der Waals surface area contributed by atoms with Crippen molar-refractivity contribution in [3.05, 3.63) is 0 Å². The highest BCUT2D eigenvalue weighted by Gasteiger charge is 2.62. The summed E-state index contributed by atoms with van der Waals surface area (Å²) in [4.78, 5) is 12.3. The first-order valence-corrected chi connectivity index (χ1v) is 10.6. The smallest absolute Gasteiger partial charge is 0.161 e. The van der Waals surface area contributed by atoms with Crippen LogP contribution in [0.1, 0.15) is 72.1 Å². The molecule has 0 aromatic heterocycles. The summed E-state index contributed by atoms with van der Waals surface area (Å²) in [5, 5.41) is 19.7. The molecule has 9 atom stereocenters. The molecule has 0 unspecified atom stereocenters. The van der Waals surface area contributed by atoms with Crippen LogP contribution in [0.2, 0.25) is 0 Å². The average Bonchev–Trinajstić information content (AvgIpc) is 2.93. The summed E-state index contributed by atoms with van der Waals surface area (Å²) >= 11 is 0. The summed E-state index contributed by atoms with van der Waals surface area (Å²) in [7, 11) is 0. The van der Waals surface area contributed by atoms with Crippen molar-refractivity contribution in [2.24, 2.45) is 46.3 Å². The van der Waals surface area contributed by atoms with E-state index >= 15 is 0 Å². The van der Waals surface area contributed by atoms with Crippen molar-refractivity contribution in [1.82, 2.24) is 0 Å². The van der Waals surface area contributed by atoms with Crippen LogP contribution < -0.4 is 0 Å². The molecular weight excluding hydrogens is 312 g/mol. The number of rotatable bonds is 2. The summed E-state index contributed by atoms with van der Waals surface area (Å²) in [5.41, 5.74) is 0.486. The van der Waals surface area contributed by atoms with Gasteiger partial charge in [0.2, 0.25) is 0 Å². The zero-order valence-corrected chi connectivity index (χ0v) is 16.2. The Morgan fingerprint density at radius 3 is 2.36 bits per heavy atom. The molecular formula is C22H36O3. The molecule has 25 heavy (non-hydrogen) atoms. The van der Waals surface area contributed by atoms with E-state index in [1.165, 1.54) is 25.7 Å². The molecule has 4 saturated carbocycles. The topological polar surface area (TPSA) is 57.5 Å². The number of carbonyl (C=O) groups excluding carboxylic acids is 1. The Kier molecular flexibility index (Phi) is 4.35. The van der Waals surface area contributed by atoms with E-state index in [-0.39, 0.29) is 29.8 Å². The molecule has 4 fully saturated rings. The lowest BCUT2D eigenvalue weighted by Crippen LogP contribution is -2.56. The third kappa shape index (κ3) is 2.48. The Labute approximate surface area is 152 Å². The van der Waals surface area contributed by atoms with Gasteiger partial charge in [-0.05, 0) is 91.8 Å². The maximum absolute atomic E-state index is 12.3. The summed E-state index contributed by atoms with van der Waals surface area (Å²) in [6.45, 7) is 7.00. The van der Waals surface area contributed by atoms with Crippen LogP contribution >= 0.6 is 0 Å². The first-order valence-electron chi connectivity index (χ1n) is 10.6. The van der Waals surface area contributed by atoms with Crippen LogP contribution in [0, 0.1) is 46.3 Å². The molecule has 0 aliphatic heterocycles. The van der Waals surface area contributed by atoms with E-state index in [4.69, 9.17) is 0 Å². The Morgan fingerprint density at radius 1 is 0.960 bits per heavy atom. The molecule has 2 N–H and O–H groups in total. The van der Waals surface area contributed by atoms with Gasteiger partial charge in [-0.3, -0.25) is 4.79 Å². The van der Waals surface area contributed by atoms with Crippen LogP contribution in [0.25, 0.3) is 0 Å². The van der Waals surface area contributed by atoms with E-state index < -0.39 is 0 Å². The van der Waals surface area contributed by atoms with Gasteiger partial charge in [-0.25, -0.2) is 0 Å². The molecule has 142 valence electrons. The van der Waals surface area contributed by atoms with Gasteiger partial charge in [0.25, 0.3) is 0 Å².